The van der Waals surface area contributed by atoms with Crippen molar-refractivity contribution in [1.82, 2.24) is 20.9 Å². The monoisotopic (exact) mass is 403 g/mol. The van der Waals surface area contributed by atoms with Crippen LogP contribution in [0.25, 0.3) is 0 Å². The number of unbranched alkanes of at least 4 members (excludes halogenated alkanes) is 1. The number of benzene rings is 1. The predicted molar refractivity (Wildman–Crippen MR) is 118 cm³/mol. The number of ether oxygens (including phenoxy) is 1. The minimum atomic E-state index is -0.0104. The molecule has 0 aromatic heterocycles. The quantitative estimate of drug-likeness (QED) is 0.299. The molecule has 0 aliphatic carbocycles. The van der Waals surface area contributed by atoms with Gasteiger partial charge in [-0.25, -0.2) is 4.99 Å². The Labute approximate surface area is 175 Å². The van der Waals surface area contributed by atoms with Crippen LogP contribution in [0.3, 0.4) is 0 Å². The van der Waals surface area contributed by atoms with Crippen LogP contribution in [-0.4, -0.2) is 69.2 Å². The average molecular weight is 404 g/mol. The molecule has 1 aromatic carbocycles. The van der Waals surface area contributed by atoms with Gasteiger partial charge in [-0.3, -0.25) is 9.69 Å². The van der Waals surface area contributed by atoms with E-state index in [1.807, 2.05) is 24.3 Å². The van der Waals surface area contributed by atoms with E-state index in [1.165, 1.54) is 0 Å². The summed E-state index contributed by atoms with van der Waals surface area (Å²) in [5.41, 5.74) is 1.78. The van der Waals surface area contributed by atoms with Gasteiger partial charge in [-0.05, 0) is 44.0 Å². The van der Waals surface area contributed by atoms with Crippen molar-refractivity contribution >= 4 is 11.9 Å². The lowest BCUT2D eigenvalue weighted by Gasteiger charge is -2.26. The van der Waals surface area contributed by atoms with Gasteiger partial charge in [0.15, 0.2) is 5.96 Å². The van der Waals surface area contributed by atoms with Gasteiger partial charge >= 0.3 is 0 Å². The highest BCUT2D eigenvalue weighted by Gasteiger charge is 2.09. The molecule has 0 saturated carbocycles. The zero-order valence-corrected chi connectivity index (χ0v) is 18.0. The van der Waals surface area contributed by atoms with Crippen molar-refractivity contribution in [3.05, 3.63) is 35.4 Å². The van der Waals surface area contributed by atoms with Crippen LogP contribution in [0.1, 0.15) is 49.0 Å². The van der Waals surface area contributed by atoms with Crippen molar-refractivity contribution in [2.45, 2.75) is 39.7 Å². The Morgan fingerprint density at radius 3 is 2.45 bits per heavy atom. The Bertz CT molecular complexity index is 612. The molecule has 7 nitrogen and oxygen atoms in total. The van der Waals surface area contributed by atoms with E-state index in [4.69, 9.17) is 4.74 Å². The first-order chi connectivity index (χ1) is 14.2. The number of rotatable bonds is 11. The van der Waals surface area contributed by atoms with E-state index in [0.29, 0.717) is 12.1 Å². The summed E-state index contributed by atoms with van der Waals surface area (Å²) in [6.45, 7) is 12.0. The van der Waals surface area contributed by atoms with E-state index in [2.05, 4.69) is 39.7 Å². The summed E-state index contributed by atoms with van der Waals surface area (Å²) in [6, 6.07) is 7.68. The zero-order valence-electron chi connectivity index (χ0n) is 18.0. The van der Waals surface area contributed by atoms with E-state index >= 15 is 0 Å². The van der Waals surface area contributed by atoms with Gasteiger partial charge in [-0.2, -0.15) is 0 Å². The van der Waals surface area contributed by atoms with E-state index in [9.17, 15) is 4.79 Å². The number of nitrogens with one attached hydrogen (secondary N) is 3. The van der Waals surface area contributed by atoms with Gasteiger partial charge in [0.2, 0.25) is 0 Å². The molecular formula is C22H37N5O2. The highest BCUT2D eigenvalue weighted by Crippen LogP contribution is 2.06. The summed E-state index contributed by atoms with van der Waals surface area (Å²) < 4.78 is 5.38. The molecule has 0 bridgehead atoms. The molecule has 0 unspecified atom stereocenters. The maximum atomic E-state index is 12.1. The molecule has 162 valence electrons. The zero-order chi connectivity index (χ0) is 20.7. The van der Waals surface area contributed by atoms with Crippen LogP contribution >= 0.6 is 0 Å². The van der Waals surface area contributed by atoms with Gasteiger partial charge in [-0.15, -0.1) is 0 Å². The van der Waals surface area contributed by atoms with Crippen molar-refractivity contribution in [3.63, 3.8) is 0 Å². The molecule has 1 heterocycles. The lowest BCUT2D eigenvalue weighted by atomic mass is 10.1. The van der Waals surface area contributed by atoms with Crippen LogP contribution in [0.15, 0.2) is 29.3 Å². The second-order valence-corrected chi connectivity index (χ2v) is 7.24. The lowest BCUT2D eigenvalue weighted by Crippen LogP contribution is -2.40. The third-order valence-electron chi connectivity index (χ3n) is 4.84. The number of carbonyl (C=O) groups is 1. The first-order valence-corrected chi connectivity index (χ1v) is 10.9. The molecule has 0 radical (unpaired) electrons. The molecule has 1 aliphatic heterocycles. The first kappa shape index (κ1) is 23.2. The molecule has 3 N–H and O–H groups in total. The second-order valence-electron chi connectivity index (χ2n) is 7.24. The highest BCUT2D eigenvalue weighted by atomic mass is 16.5. The van der Waals surface area contributed by atoms with E-state index in [-0.39, 0.29) is 5.91 Å². The van der Waals surface area contributed by atoms with Gasteiger partial charge in [0, 0.05) is 38.3 Å². The predicted octanol–water partition coefficient (Wildman–Crippen LogP) is 1.99. The fourth-order valence-corrected chi connectivity index (χ4v) is 3.09. The van der Waals surface area contributed by atoms with Crippen molar-refractivity contribution in [2.75, 3.05) is 52.5 Å². The van der Waals surface area contributed by atoms with Gasteiger partial charge in [-0.1, -0.05) is 25.5 Å². The van der Waals surface area contributed by atoms with Crippen LogP contribution < -0.4 is 16.0 Å². The van der Waals surface area contributed by atoms with Crippen molar-refractivity contribution < 1.29 is 9.53 Å². The topological polar surface area (TPSA) is 78.0 Å². The van der Waals surface area contributed by atoms with Crippen LogP contribution in [-0.2, 0) is 11.3 Å². The molecule has 1 aliphatic rings. The Hall–Kier alpha value is -2.12. The van der Waals surface area contributed by atoms with Crippen LogP contribution in [0.2, 0.25) is 0 Å². The minimum absolute atomic E-state index is 0.0104. The van der Waals surface area contributed by atoms with Crippen molar-refractivity contribution in [1.29, 1.82) is 0 Å². The molecule has 1 amide bonds. The van der Waals surface area contributed by atoms with Crippen LogP contribution in [0, 0.1) is 0 Å². The lowest BCUT2D eigenvalue weighted by molar-refractivity contribution is 0.0376. The molecule has 1 saturated heterocycles. The molecule has 0 spiro atoms. The Balaban J connectivity index is 1.75. The van der Waals surface area contributed by atoms with Gasteiger partial charge in [0.05, 0.1) is 19.8 Å². The SMILES string of the molecule is CCCCNC(=O)c1ccc(CN=C(NCC)NCCCN2CCOCC2)cc1. The van der Waals surface area contributed by atoms with Crippen molar-refractivity contribution in [2.24, 2.45) is 4.99 Å². The number of amides is 1. The third-order valence-corrected chi connectivity index (χ3v) is 4.84. The molecule has 1 aromatic rings. The highest BCUT2D eigenvalue weighted by molar-refractivity contribution is 5.94. The standard InChI is InChI=1S/C22H37N5O2/c1-3-5-11-24-21(28)20-9-7-19(8-10-20)18-26-22(23-4-2)25-12-6-13-27-14-16-29-17-15-27/h7-10H,3-6,11-18H2,1-2H3,(H,24,28)(H2,23,25,26). The molecular weight excluding hydrogens is 366 g/mol. The molecule has 1 fully saturated rings. The van der Waals surface area contributed by atoms with E-state index < -0.39 is 0 Å². The number of aliphatic imine (C=N–C) groups is 1. The van der Waals surface area contributed by atoms with Crippen LogP contribution in [0.4, 0.5) is 0 Å². The molecule has 7 heteroatoms. The molecule has 2 rings (SSSR count). The Morgan fingerprint density at radius 2 is 1.76 bits per heavy atom. The van der Waals surface area contributed by atoms with Gasteiger partial charge < -0.3 is 20.7 Å². The average Bonchev–Trinajstić information content (AvgIpc) is 2.76. The number of guanidine groups is 1. The normalized spacial score (nSPS) is 15.2. The smallest absolute Gasteiger partial charge is 0.251 e. The molecule has 0 atom stereocenters. The van der Waals surface area contributed by atoms with Crippen LogP contribution in [0.5, 0.6) is 0 Å². The number of carbonyl (C=O) groups excluding carboxylic acids is 1. The largest absolute Gasteiger partial charge is 0.379 e. The van der Waals surface area contributed by atoms with Crippen molar-refractivity contribution in [3.8, 4) is 0 Å². The van der Waals surface area contributed by atoms with E-state index in [1.54, 1.807) is 0 Å². The summed E-state index contributed by atoms with van der Waals surface area (Å²) in [7, 11) is 0. The van der Waals surface area contributed by atoms with E-state index in [0.717, 1.165) is 83.3 Å². The molecule has 29 heavy (non-hydrogen) atoms. The summed E-state index contributed by atoms with van der Waals surface area (Å²) in [4.78, 5) is 19.2. The van der Waals surface area contributed by atoms with Gasteiger partial charge in [0.1, 0.15) is 0 Å². The summed E-state index contributed by atoms with van der Waals surface area (Å²) in [6.07, 6.45) is 3.16. The first-order valence-electron chi connectivity index (χ1n) is 10.9. The number of hydrogen-bond donors (Lipinski definition) is 3. The summed E-state index contributed by atoms with van der Waals surface area (Å²) in [5, 5.41) is 9.64. The minimum Gasteiger partial charge on any atom is -0.379 e. The number of morpholine rings is 1. The Kier molecular flexibility index (Phi) is 11.1. The number of hydrogen-bond acceptors (Lipinski definition) is 4. The fraction of sp³-hybridized carbons (Fsp3) is 0.636. The maximum Gasteiger partial charge on any atom is 0.251 e. The van der Waals surface area contributed by atoms with Gasteiger partial charge in [0.25, 0.3) is 5.91 Å². The second kappa shape index (κ2) is 14.0. The third kappa shape index (κ3) is 9.28. The summed E-state index contributed by atoms with van der Waals surface area (Å²) in [5.74, 6) is 0.819. The number of nitrogens with zero attached hydrogens (tertiary/aromatic N) is 2. The maximum absolute atomic E-state index is 12.1. The summed E-state index contributed by atoms with van der Waals surface area (Å²) >= 11 is 0. The Morgan fingerprint density at radius 1 is 1.03 bits per heavy atom. The fourth-order valence-electron chi connectivity index (χ4n) is 3.09.